The molecule has 63 heavy (non-hydrogen) atoms. The molecule has 3 heteroatoms. The van der Waals surface area contributed by atoms with E-state index in [0.29, 0.717) is 0 Å². The van der Waals surface area contributed by atoms with Gasteiger partial charge in [-0.2, -0.15) is 0 Å². The van der Waals surface area contributed by atoms with Crippen molar-refractivity contribution in [2.75, 3.05) is 4.90 Å². The van der Waals surface area contributed by atoms with Gasteiger partial charge in [-0.25, -0.2) is 0 Å². The number of aromatic nitrogens is 1. The summed E-state index contributed by atoms with van der Waals surface area (Å²) in [7, 11) is 0. The third-order valence-corrected chi connectivity index (χ3v) is 13.5. The minimum atomic E-state index is 1.11. The van der Waals surface area contributed by atoms with E-state index < -0.39 is 0 Å². The fraction of sp³-hybridized carbons (Fsp3) is 0. The highest BCUT2D eigenvalue weighted by molar-refractivity contribution is 7.26. The predicted molar refractivity (Wildman–Crippen MR) is 270 cm³/mol. The van der Waals surface area contributed by atoms with Crippen LogP contribution < -0.4 is 4.90 Å². The Morgan fingerprint density at radius 3 is 1.49 bits per heavy atom. The van der Waals surface area contributed by atoms with Crippen LogP contribution in [0.3, 0.4) is 0 Å². The zero-order valence-electron chi connectivity index (χ0n) is 34.4. The van der Waals surface area contributed by atoms with Gasteiger partial charge in [0.25, 0.3) is 0 Å². The molecule has 0 bridgehead atoms. The van der Waals surface area contributed by atoms with Crippen molar-refractivity contribution in [2.45, 2.75) is 0 Å². The highest BCUT2D eigenvalue weighted by atomic mass is 32.1. The van der Waals surface area contributed by atoms with E-state index in [9.17, 15) is 0 Å². The minimum Gasteiger partial charge on any atom is -0.310 e. The standard InChI is InChI=1S/C60H40N2S/c1-4-14-41(15-5-1)44-26-31-48(32-27-44)61(49-33-28-45(29-34-49)42-16-6-2-7-17-42)51-35-37-58-55(40-51)60-52(23-13-25-59(60)63-58)47-30-36-54-53-22-10-11-24-56(53)62(57(54)39-47)50-21-12-20-46(38-50)43-18-8-3-9-19-43/h1-40H. The predicted octanol–water partition coefficient (Wildman–Crippen LogP) is 17.3. The zero-order chi connectivity index (χ0) is 41.7. The molecule has 2 aromatic heterocycles. The fourth-order valence-electron chi connectivity index (χ4n) is 9.38. The van der Waals surface area contributed by atoms with Gasteiger partial charge >= 0.3 is 0 Å². The molecule has 10 aromatic carbocycles. The van der Waals surface area contributed by atoms with Crippen LogP contribution in [0.1, 0.15) is 0 Å². The van der Waals surface area contributed by atoms with Crippen molar-refractivity contribution in [3.8, 4) is 50.2 Å². The van der Waals surface area contributed by atoms with Gasteiger partial charge in [0.1, 0.15) is 0 Å². The number of para-hydroxylation sites is 1. The summed E-state index contributed by atoms with van der Waals surface area (Å²) in [6, 6.07) is 88.3. The monoisotopic (exact) mass is 820 g/mol. The number of thiophene rings is 1. The highest BCUT2D eigenvalue weighted by Gasteiger charge is 2.19. The maximum atomic E-state index is 2.44. The average molecular weight is 821 g/mol. The Morgan fingerprint density at radius 1 is 0.302 bits per heavy atom. The van der Waals surface area contributed by atoms with Crippen LogP contribution in [0.15, 0.2) is 243 Å². The van der Waals surface area contributed by atoms with Gasteiger partial charge in [-0.15, -0.1) is 11.3 Å². The van der Waals surface area contributed by atoms with Crippen molar-refractivity contribution in [1.82, 2.24) is 4.57 Å². The Kier molecular flexibility index (Phi) is 9.06. The van der Waals surface area contributed by atoms with E-state index in [1.54, 1.807) is 0 Å². The summed E-state index contributed by atoms with van der Waals surface area (Å²) in [6.45, 7) is 0. The van der Waals surface area contributed by atoms with Gasteiger partial charge in [-0.1, -0.05) is 170 Å². The molecule has 12 aromatic rings. The molecule has 0 N–H and O–H groups in total. The highest BCUT2D eigenvalue weighted by Crippen LogP contribution is 2.45. The fourth-order valence-corrected chi connectivity index (χ4v) is 10.5. The number of anilines is 3. The van der Waals surface area contributed by atoms with Crippen molar-refractivity contribution in [2.24, 2.45) is 0 Å². The second kappa shape index (κ2) is 15.5. The lowest BCUT2D eigenvalue weighted by Crippen LogP contribution is -2.09. The maximum Gasteiger partial charge on any atom is 0.0547 e. The van der Waals surface area contributed by atoms with Crippen LogP contribution in [0.2, 0.25) is 0 Å². The van der Waals surface area contributed by atoms with Crippen LogP contribution in [-0.2, 0) is 0 Å². The third kappa shape index (κ3) is 6.58. The van der Waals surface area contributed by atoms with Crippen molar-refractivity contribution in [1.29, 1.82) is 0 Å². The van der Waals surface area contributed by atoms with Gasteiger partial charge in [0.15, 0.2) is 0 Å². The lowest BCUT2D eigenvalue weighted by Gasteiger charge is -2.26. The Hall–Kier alpha value is -7.98. The summed E-state index contributed by atoms with van der Waals surface area (Å²) >= 11 is 1.86. The molecular formula is C60H40N2S. The molecule has 0 aliphatic rings. The molecule has 0 atom stereocenters. The van der Waals surface area contributed by atoms with Gasteiger partial charge in [0.2, 0.25) is 0 Å². The maximum absolute atomic E-state index is 2.44. The summed E-state index contributed by atoms with van der Waals surface area (Å²) in [4.78, 5) is 2.39. The van der Waals surface area contributed by atoms with E-state index in [1.807, 2.05) is 11.3 Å². The van der Waals surface area contributed by atoms with Crippen molar-refractivity contribution in [3.05, 3.63) is 243 Å². The summed E-state index contributed by atoms with van der Waals surface area (Å²) in [5, 5.41) is 5.04. The summed E-state index contributed by atoms with van der Waals surface area (Å²) in [5.41, 5.74) is 16.5. The summed E-state index contributed by atoms with van der Waals surface area (Å²) in [6.07, 6.45) is 0. The number of benzene rings is 10. The molecule has 0 aliphatic heterocycles. The van der Waals surface area contributed by atoms with Crippen LogP contribution in [0, 0.1) is 0 Å². The lowest BCUT2D eigenvalue weighted by atomic mass is 9.98. The van der Waals surface area contributed by atoms with Crippen LogP contribution >= 0.6 is 11.3 Å². The van der Waals surface area contributed by atoms with E-state index in [0.717, 1.165) is 22.7 Å². The minimum absolute atomic E-state index is 1.11. The third-order valence-electron chi connectivity index (χ3n) is 12.4. The molecule has 2 heterocycles. The van der Waals surface area contributed by atoms with E-state index in [4.69, 9.17) is 0 Å². The van der Waals surface area contributed by atoms with Gasteiger partial charge in [0.05, 0.1) is 11.0 Å². The van der Waals surface area contributed by atoms with Crippen molar-refractivity contribution >= 4 is 70.4 Å². The smallest absolute Gasteiger partial charge is 0.0547 e. The Bertz CT molecular complexity index is 3500. The summed E-state index contributed by atoms with van der Waals surface area (Å²) in [5.74, 6) is 0. The second-order valence-corrected chi connectivity index (χ2v) is 17.2. The lowest BCUT2D eigenvalue weighted by molar-refractivity contribution is 1.18. The molecule has 0 saturated carbocycles. The Morgan fingerprint density at radius 2 is 0.825 bits per heavy atom. The zero-order valence-corrected chi connectivity index (χ0v) is 35.2. The first-order chi connectivity index (χ1) is 31.2. The Labute approximate surface area is 370 Å². The molecule has 0 radical (unpaired) electrons. The summed E-state index contributed by atoms with van der Waals surface area (Å²) < 4.78 is 4.99. The normalized spacial score (nSPS) is 11.5. The largest absolute Gasteiger partial charge is 0.310 e. The van der Waals surface area contributed by atoms with Crippen LogP contribution in [0.25, 0.3) is 92.2 Å². The molecule has 0 unspecified atom stereocenters. The van der Waals surface area contributed by atoms with Crippen LogP contribution in [-0.4, -0.2) is 4.57 Å². The molecular weight excluding hydrogens is 781 g/mol. The molecule has 0 amide bonds. The molecule has 2 nitrogen and oxygen atoms in total. The molecule has 0 fully saturated rings. The van der Waals surface area contributed by atoms with Crippen molar-refractivity contribution < 1.29 is 0 Å². The number of hydrogen-bond donors (Lipinski definition) is 0. The quantitative estimate of drug-likeness (QED) is 0.148. The number of hydrogen-bond acceptors (Lipinski definition) is 2. The van der Waals surface area contributed by atoms with Gasteiger partial charge in [-0.05, 0) is 117 Å². The van der Waals surface area contributed by atoms with Gasteiger partial charge in [-0.3, -0.25) is 0 Å². The first kappa shape index (κ1) is 36.8. The first-order valence-corrected chi connectivity index (χ1v) is 22.3. The second-order valence-electron chi connectivity index (χ2n) is 16.1. The molecule has 12 rings (SSSR count). The number of nitrogens with zero attached hydrogens (tertiary/aromatic N) is 2. The van der Waals surface area contributed by atoms with Gasteiger partial charge < -0.3 is 9.47 Å². The molecule has 0 saturated heterocycles. The average Bonchev–Trinajstić information content (AvgIpc) is 3.91. The first-order valence-electron chi connectivity index (χ1n) is 21.5. The SMILES string of the molecule is c1ccc(-c2ccc(N(c3ccc(-c4ccccc4)cc3)c3ccc4sc5cccc(-c6ccc7c8ccccc8n(-c8cccc(-c9ccccc9)c8)c7c6)c5c4c3)cc2)cc1. The topological polar surface area (TPSA) is 8.17 Å². The van der Waals surface area contributed by atoms with Crippen molar-refractivity contribution in [3.63, 3.8) is 0 Å². The van der Waals surface area contributed by atoms with E-state index in [-0.39, 0.29) is 0 Å². The van der Waals surface area contributed by atoms with E-state index in [1.165, 1.54) is 86.5 Å². The number of rotatable bonds is 8. The molecule has 0 aliphatic carbocycles. The molecule has 296 valence electrons. The Balaban J connectivity index is 1.01. The van der Waals surface area contributed by atoms with Crippen LogP contribution in [0.5, 0.6) is 0 Å². The molecule has 0 spiro atoms. The van der Waals surface area contributed by atoms with Gasteiger partial charge in [0, 0.05) is 53.7 Å². The van der Waals surface area contributed by atoms with Crippen LogP contribution in [0.4, 0.5) is 17.1 Å². The number of fused-ring (bicyclic) bond motifs is 6. The van der Waals surface area contributed by atoms with E-state index in [2.05, 4.69) is 252 Å². The van der Waals surface area contributed by atoms with E-state index >= 15 is 0 Å².